The van der Waals surface area contributed by atoms with Crippen molar-refractivity contribution in [2.24, 2.45) is 5.92 Å². The van der Waals surface area contributed by atoms with E-state index in [1.54, 1.807) is 18.2 Å². The molecule has 0 aliphatic carbocycles. The van der Waals surface area contributed by atoms with Crippen molar-refractivity contribution in [2.45, 2.75) is 25.3 Å². The second kappa shape index (κ2) is 9.19. The number of anilines is 2. The summed E-state index contributed by atoms with van der Waals surface area (Å²) in [6.45, 7) is 1.89. The first-order chi connectivity index (χ1) is 16.8. The first-order valence-corrected chi connectivity index (χ1v) is 11.7. The van der Waals surface area contributed by atoms with Gasteiger partial charge < -0.3 is 19.9 Å². The third-order valence-corrected chi connectivity index (χ3v) is 7.09. The fourth-order valence-corrected chi connectivity index (χ4v) is 5.42. The van der Waals surface area contributed by atoms with E-state index in [2.05, 4.69) is 10.2 Å². The summed E-state index contributed by atoms with van der Waals surface area (Å²) < 4.78 is 16.0. The third-order valence-electron chi connectivity index (χ3n) is 6.74. The molecule has 5 rings (SSSR count). The second-order valence-corrected chi connectivity index (χ2v) is 9.47. The summed E-state index contributed by atoms with van der Waals surface area (Å²) in [5.41, 5.74) is 2.12. The Morgan fingerprint density at radius 2 is 1.89 bits per heavy atom. The summed E-state index contributed by atoms with van der Waals surface area (Å²) in [5, 5.41) is 12.4. The number of hydrogen-bond acceptors (Lipinski definition) is 4. The number of halogens is 2. The molecule has 180 valence electrons. The number of hydrogen-bond donors (Lipinski definition) is 2. The minimum absolute atomic E-state index is 0.00350. The predicted molar refractivity (Wildman–Crippen MR) is 131 cm³/mol. The number of nitrogens with zero attached hydrogens (tertiary/aromatic N) is 2. The van der Waals surface area contributed by atoms with Gasteiger partial charge in [-0.3, -0.25) is 9.59 Å². The standard InChI is InChI=1S/C26H23ClFN3O4/c27-19-3-1-4-20(28)18(19)11-24(32)29-21-10-16(26(34)35)7-8-23(21)30-12-15-9-17(14-30)22-5-2-6-25(33)31(22)13-15/h1-8,10,15,17H,9,11-14H2,(H,29,32)(H,34,35). The van der Waals surface area contributed by atoms with Gasteiger partial charge in [0.15, 0.2) is 0 Å². The Morgan fingerprint density at radius 3 is 2.66 bits per heavy atom. The highest BCUT2D eigenvalue weighted by atomic mass is 35.5. The number of fused-ring (bicyclic) bond motifs is 4. The van der Waals surface area contributed by atoms with E-state index in [0.29, 0.717) is 31.0 Å². The highest BCUT2D eigenvalue weighted by molar-refractivity contribution is 6.31. The molecule has 2 aliphatic rings. The van der Waals surface area contributed by atoms with E-state index in [1.165, 1.54) is 30.3 Å². The van der Waals surface area contributed by atoms with Crippen molar-refractivity contribution in [1.82, 2.24) is 4.57 Å². The van der Waals surface area contributed by atoms with Crippen LogP contribution in [0.4, 0.5) is 15.8 Å². The van der Waals surface area contributed by atoms with Gasteiger partial charge in [0, 0.05) is 47.9 Å². The number of rotatable bonds is 5. The lowest BCUT2D eigenvalue weighted by Crippen LogP contribution is -2.47. The zero-order valence-electron chi connectivity index (χ0n) is 18.7. The summed E-state index contributed by atoms with van der Waals surface area (Å²) in [4.78, 5) is 38.9. The molecule has 2 unspecified atom stereocenters. The molecule has 0 radical (unpaired) electrons. The van der Waals surface area contributed by atoms with Crippen LogP contribution in [0.5, 0.6) is 0 Å². The Kier molecular flexibility index (Phi) is 6.06. The van der Waals surface area contributed by atoms with Crippen LogP contribution in [-0.2, 0) is 17.8 Å². The van der Waals surface area contributed by atoms with Crippen LogP contribution in [0.1, 0.15) is 34.0 Å². The smallest absolute Gasteiger partial charge is 0.335 e. The molecule has 7 nitrogen and oxygen atoms in total. The molecule has 1 fully saturated rings. The lowest BCUT2D eigenvalue weighted by atomic mass is 9.83. The maximum atomic E-state index is 14.2. The summed E-state index contributed by atoms with van der Waals surface area (Å²) in [6.07, 6.45) is 0.671. The zero-order valence-corrected chi connectivity index (χ0v) is 19.5. The van der Waals surface area contributed by atoms with E-state index in [-0.39, 0.29) is 40.0 Å². The summed E-state index contributed by atoms with van der Waals surface area (Å²) in [7, 11) is 0. The van der Waals surface area contributed by atoms with Gasteiger partial charge in [0.05, 0.1) is 23.4 Å². The van der Waals surface area contributed by atoms with Crippen LogP contribution in [-0.4, -0.2) is 34.6 Å². The van der Waals surface area contributed by atoms with Crippen molar-refractivity contribution < 1.29 is 19.1 Å². The quantitative estimate of drug-likeness (QED) is 0.555. The van der Waals surface area contributed by atoms with Crippen LogP contribution in [0.25, 0.3) is 0 Å². The molecule has 2 N–H and O–H groups in total. The molecule has 2 bridgehead atoms. The van der Waals surface area contributed by atoms with Crippen LogP contribution < -0.4 is 15.8 Å². The fraction of sp³-hybridized carbons (Fsp3) is 0.269. The van der Waals surface area contributed by atoms with Crippen molar-refractivity contribution >= 4 is 34.9 Å². The molecule has 1 saturated heterocycles. The average molecular weight is 496 g/mol. The average Bonchev–Trinajstić information content (AvgIpc) is 2.82. The summed E-state index contributed by atoms with van der Waals surface area (Å²) in [5.74, 6) is -1.83. The van der Waals surface area contributed by atoms with E-state index in [9.17, 15) is 23.9 Å². The van der Waals surface area contributed by atoms with E-state index >= 15 is 0 Å². The molecule has 0 saturated carbocycles. The summed E-state index contributed by atoms with van der Waals surface area (Å²) >= 11 is 6.07. The van der Waals surface area contributed by atoms with Gasteiger partial charge >= 0.3 is 5.97 Å². The number of carbonyl (C=O) groups is 2. The van der Waals surface area contributed by atoms with E-state index in [4.69, 9.17) is 11.6 Å². The van der Waals surface area contributed by atoms with Crippen molar-refractivity contribution in [3.05, 3.63) is 92.6 Å². The Morgan fingerprint density at radius 1 is 1.09 bits per heavy atom. The molecule has 1 aromatic heterocycles. The van der Waals surface area contributed by atoms with Gasteiger partial charge in [-0.2, -0.15) is 0 Å². The molecule has 2 aliphatic heterocycles. The van der Waals surface area contributed by atoms with Gasteiger partial charge in [-0.1, -0.05) is 23.7 Å². The number of amides is 1. The minimum atomic E-state index is -1.12. The molecular weight excluding hydrogens is 473 g/mol. The van der Waals surface area contributed by atoms with Crippen LogP contribution in [0.3, 0.4) is 0 Å². The number of benzene rings is 2. The normalized spacial score (nSPS) is 18.6. The van der Waals surface area contributed by atoms with Crippen LogP contribution in [0.2, 0.25) is 5.02 Å². The molecular formula is C26H23ClFN3O4. The predicted octanol–water partition coefficient (Wildman–Crippen LogP) is 4.14. The monoisotopic (exact) mass is 495 g/mol. The Bertz CT molecular complexity index is 1370. The number of aromatic carboxylic acids is 1. The van der Waals surface area contributed by atoms with Gasteiger partial charge in [0.1, 0.15) is 5.82 Å². The molecule has 9 heteroatoms. The SMILES string of the molecule is O=C(Cc1c(F)cccc1Cl)Nc1cc(C(=O)O)ccc1N1CC2CC(C1)c1cccc(=O)n1C2. The number of piperidine rings is 1. The van der Waals surface area contributed by atoms with E-state index < -0.39 is 17.7 Å². The third kappa shape index (κ3) is 4.53. The Balaban J connectivity index is 1.44. The van der Waals surface area contributed by atoms with Crippen LogP contribution >= 0.6 is 11.6 Å². The number of pyridine rings is 1. The van der Waals surface area contributed by atoms with Gasteiger partial charge in [-0.25, -0.2) is 9.18 Å². The van der Waals surface area contributed by atoms with Gasteiger partial charge in [-0.05, 0) is 48.7 Å². The summed E-state index contributed by atoms with van der Waals surface area (Å²) in [6, 6.07) is 14.1. The highest BCUT2D eigenvalue weighted by Crippen LogP contribution is 2.39. The Hall–Kier alpha value is -3.65. The fourth-order valence-electron chi connectivity index (χ4n) is 5.19. The molecule has 0 spiro atoms. The second-order valence-electron chi connectivity index (χ2n) is 9.07. The molecule has 2 aromatic carbocycles. The van der Waals surface area contributed by atoms with E-state index in [0.717, 1.165) is 12.1 Å². The van der Waals surface area contributed by atoms with Crippen LogP contribution in [0, 0.1) is 11.7 Å². The number of carboxylic acid groups (broad SMARTS) is 1. The maximum Gasteiger partial charge on any atom is 0.335 e. The molecule has 2 atom stereocenters. The molecule has 3 heterocycles. The number of carboxylic acids is 1. The molecule has 35 heavy (non-hydrogen) atoms. The number of nitrogens with one attached hydrogen (secondary N) is 1. The van der Waals surface area contributed by atoms with Crippen molar-refractivity contribution in [3.8, 4) is 0 Å². The van der Waals surface area contributed by atoms with Crippen LogP contribution in [0.15, 0.2) is 59.4 Å². The van der Waals surface area contributed by atoms with Crippen molar-refractivity contribution in [1.29, 1.82) is 0 Å². The van der Waals surface area contributed by atoms with Crippen molar-refractivity contribution in [2.75, 3.05) is 23.3 Å². The van der Waals surface area contributed by atoms with E-state index in [1.807, 2.05) is 10.6 Å². The number of aromatic nitrogens is 1. The Labute approximate surface area is 205 Å². The largest absolute Gasteiger partial charge is 0.478 e. The van der Waals surface area contributed by atoms with Gasteiger partial charge in [0.25, 0.3) is 5.56 Å². The van der Waals surface area contributed by atoms with Crippen molar-refractivity contribution in [3.63, 3.8) is 0 Å². The topological polar surface area (TPSA) is 91.6 Å². The minimum Gasteiger partial charge on any atom is -0.478 e. The van der Waals surface area contributed by atoms with Gasteiger partial charge in [0.2, 0.25) is 5.91 Å². The first-order valence-electron chi connectivity index (χ1n) is 11.3. The maximum absolute atomic E-state index is 14.2. The lowest BCUT2D eigenvalue weighted by molar-refractivity contribution is -0.115. The lowest BCUT2D eigenvalue weighted by Gasteiger charge is -2.44. The highest BCUT2D eigenvalue weighted by Gasteiger charge is 2.35. The number of carbonyl (C=O) groups excluding carboxylic acids is 1. The first kappa shape index (κ1) is 23.1. The molecule has 1 amide bonds. The molecule has 3 aromatic rings. The van der Waals surface area contributed by atoms with Gasteiger partial charge in [-0.15, -0.1) is 0 Å². The zero-order chi connectivity index (χ0) is 24.7.